The van der Waals surface area contributed by atoms with E-state index in [9.17, 15) is 9.59 Å². The number of halogens is 1. The van der Waals surface area contributed by atoms with Crippen LogP contribution in [0.15, 0.2) is 24.3 Å². The van der Waals surface area contributed by atoms with Crippen molar-refractivity contribution < 1.29 is 9.59 Å². The van der Waals surface area contributed by atoms with Gasteiger partial charge in [0.15, 0.2) is 0 Å². The predicted molar refractivity (Wildman–Crippen MR) is 82.0 cm³/mol. The van der Waals surface area contributed by atoms with Crippen molar-refractivity contribution in [2.45, 2.75) is 13.3 Å². The van der Waals surface area contributed by atoms with Crippen LogP contribution < -0.4 is 16.4 Å². The zero-order chi connectivity index (χ0) is 14.3. The second-order valence-corrected chi connectivity index (χ2v) is 4.46. The van der Waals surface area contributed by atoms with Crippen LogP contribution in [0.3, 0.4) is 0 Å². The quantitative estimate of drug-likeness (QED) is 0.724. The van der Waals surface area contributed by atoms with Crippen molar-refractivity contribution in [2.75, 3.05) is 20.1 Å². The maximum Gasteiger partial charge on any atom is 0.251 e. The third-order valence-electron chi connectivity index (χ3n) is 2.93. The van der Waals surface area contributed by atoms with Crippen LogP contribution >= 0.6 is 12.4 Å². The molecule has 0 fully saturated rings. The van der Waals surface area contributed by atoms with Crippen LogP contribution in [-0.4, -0.2) is 32.0 Å². The summed E-state index contributed by atoms with van der Waals surface area (Å²) < 4.78 is 0. The van der Waals surface area contributed by atoms with Crippen LogP contribution in [0, 0.1) is 5.92 Å². The van der Waals surface area contributed by atoms with Gasteiger partial charge in [0, 0.05) is 31.6 Å². The van der Waals surface area contributed by atoms with Gasteiger partial charge in [0.1, 0.15) is 0 Å². The lowest BCUT2D eigenvalue weighted by molar-refractivity contribution is -0.124. The second kappa shape index (κ2) is 9.34. The van der Waals surface area contributed by atoms with Crippen LogP contribution in [0.5, 0.6) is 0 Å². The lowest BCUT2D eigenvalue weighted by atomic mass is 10.1. The molecule has 1 aromatic carbocycles. The Morgan fingerprint density at radius 3 is 2.65 bits per heavy atom. The van der Waals surface area contributed by atoms with E-state index in [1.165, 1.54) is 0 Å². The van der Waals surface area contributed by atoms with Gasteiger partial charge in [-0.15, -0.1) is 12.4 Å². The van der Waals surface area contributed by atoms with E-state index < -0.39 is 0 Å². The molecule has 0 spiro atoms. The normalized spacial score (nSPS) is 11.2. The Bertz CT molecular complexity index is 452. The molecule has 2 amide bonds. The van der Waals surface area contributed by atoms with Crippen molar-refractivity contribution in [2.24, 2.45) is 11.7 Å². The highest BCUT2D eigenvalue weighted by Crippen LogP contribution is 2.05. The van der Waals surface area contributed by atoms with Gasteiger partial charge in [-0.1, -0.05) is 19.1 Å². The van der Waals surface area contributed by atoms with Crippen molar-refractivity contribution in [3.05, 3.63) is 35.4 Å². The van der Waals surface area contributed by atoms with Crippen molar-refractivity contribution in [3.63, 3.8) is 0 Å². The van der Waals surface area contributed by atoms with E-state index >= 15 is 0 Å². The first kappa shape index (κ1) is 18.4. The molecule has 0 aliphatic heterocycles. The molecular weight excluding hydrogens is 278 g/mol. The van der Waals surface area contributed by atoms with Gasteiger partial charge in [0.2, 0.25) is 5.91 Å². The predicted octanol–water partition coefficient (Wildman–Crippen LogP) is 0.722. The Morgan fingerprint density at radius 1 is 1.35 bits per heavy atom. The molecule has 0 radical (unpaired) electrons. The molecule has 6 heteroatoms. The Balaban J connectivity index is 0.00000361. The van der Waals surface area contributed by atoms with Gasteiger partial charge in [-0.2, -0.15) is 0 Å². The molecule has 4 N–H and O–H groups in total. The van der Waals surface area contributed by atoms with Gasteiger partial charge in [-0.05, 0) is 24.1 Å². The SMILES string of the molecule is CNC(=O)c1cccc(CCNC(=O)C(C)CN)c1.Cl. The number of hydrogen-bond acceptors (Lipinski definition) is 3. The smallest absolute Gasteiger partial charge is 0.251 e. The highest BCUT2D eigenvalue weighted by molar-refractivity contribution is 5.94. The Hall–Kier alpha value is -1.59. The maximum atomic E-state index is 11.5. The maximum absolute atomic E-state index is 11.5. The molecule has 0 saturated carbocycles. The van der Waals surface area contributed by atoms with Crippen LogP contribution in [0.1, 0.15) is 22.8 Å². The molecule has 0 aliphatic rings. The van der Waals surface area contributed by atoms with Crippen molar-refractivity contribution in [1.29, 1.82) is 0 Å². The zero-order valence-electron chi connectivity index (χ0n) is 11.8. The molecule has 112 valence electrons. The largest absolute Gasteiger partial charge is 0.355 e. The molecule has 5 nitrogen and oxygen atoms in total. The van der Waals surface area contributed by atoms with E-state index in [1.54, 1.807) is 20.0 Å². The van der Waals surface area contributed by atoms with Crippen molar-refractivity contribution in [3.8, 4) is 0 Å². The zero-order valence-corrected chi connectivity index (χ0v) is 12.6. The number of hydrogen-bond donors (Lipinski definition) is 3. The summed E-state index contributed by atoms with van der Waals surface area (Å²) in [5, 5.41) is 5.41. The minimum atomic E-state index is -0.169. The molecule has 1 rings (SSSR count). The fourth-order valence-electron chi connectivity index (χ4n) is 1.62. The Labute approximate surface area is 125 Å². The summed E-state index contributed by atoms with van der Waals surface area (Å²) in [4.78, 5) is 23.0. The summed E-state index contributed by atoms with van der Waals surface area (Å²) in [5.74, 6) is -0.315. The van der Waals surface area contributed by atoms with E-state index in [2.05, 4.69) is 10.6 Å². The number of carbonyl (C=O) groups excluding carboxylic acids is 2. The summed E-state index contributed by atoms with van der Waals surface area (Å²) in [6.45, 7) is 2.68. The average molecular weight is 300 g/mol. The summed E-state index contributed by atoms with van der Waals surface area (Å²) in [6.07, 6.45) is 0.688. The molecule has 0 heterocycles. The van der Waals surface area contributed by atoms with E-state index in [0.717, 1.165) is 5.56 Å². The first-order valence-electron chi connectivity index (χ1n) is 6.37. The number of benzene rings is 1. The van der Waals surface area contributed by atoms with Gasteiger partial charge < -0.3 is 16.4 Å². The van der Waals surface area contributed by atoms with Gasteiger partial charge in [0.05, 0.1) is 0 Å². The number of nitrogens with one attached hydrogen (secondary N) is 2. The Kier molecular flexibility index (Phi) is 8.59. The number of amides is 2. The number of rotatable bonds is 6. The number of nitrogens with two attached hydrogens (primary N) is 1. The standard InChI is InChI=1S/C14H21N3O2.ClH/c1-10(9-15)13(18)17-7-6-11-4-3-5-12(8-11)14(19)16-2;/h3-5,8,10H,6-7,9,15H2,1-2H3,(H,16,19)(H,17,18);1H. The van der Waals surface area contributed by atoms with Crippen LogP contribution in [0.25, 0.3) is 0 Å². The van der Waals surface area contributed by atoms with Gasteiger partial charge in [0.25, 0.3) is 5.91 Å². The third kappa shape index (κ3) is 5.59. The van der Waals surface area contributed by atoms with Crippen LogP contribution in [0.2, 0.25) is 0 Å². The molecule has 0 bridgehead atoms. The Morgan fingerprint density at radius 2 is 2.05 bits per heavy atom. The molecule has 20 heavy (non-hydrogen) atoms. The lowest BCUT2D eigenvalue weighted by Gasteiger charge is -2.10. The molecule has 1 unspecified atom stereocenters. The first-order valence-corrected chi connectivity index (χ1v) is 6.37. The molecule has 1 aromatic rings. The number of carbonyl (C=O) groups is 2. The van der Waals surface area contributed by atoms with Gasteiger partial charge >= 0.3 is 0 Å². The summed E-state index contributed by atoms with van der Waals surface area (Å²) in [7, 11) is 1.60. The lowest BCUT2D eigenvalue weighted by Crippen LogP contribution is -2.34. The average Bonchev–Trinajstić information content (AvgIpc) is 2.45. The molecular formula is C14H22ClN3O2. The monoisotopic (exact) mass is 299 g/mol. The second-order valence-electron chi connectivity index (χ2n) is 4.46. The minimum Gasteiger partial charge on any atom is -0.355 e. The molecule has 0 aliphatic carbocycles. The van der Waals surface area contributed by atoms with Crippen LogP contribution in [-0.2, 0) is 11.2 Å². The molecule has 0 saturated heterocycles. The fraction of sp³-hybridized carbons (Fsp3) is 0.429. The minimum absolute atomic E-state index is 0. The van der Waals surface area contributed by atoms with Gasteiger partial charge in [-0.3, -0.25) is 9.59 Å². The molecule has 0 aromatic heterocycles. The van der Waals surface area contributed by atoms with E-state index in [0.29, 0.717) is 25.1 Å². The van der Waals surface area contributed by atoms with Crippen LogP contribution in [0.4, 0.5) is 0 Å². The van der Waals surface area contributed by atoms with E-state index in [4.69, 9.17) is 5.73 Å². The third-order valence-corrected chi connectivity index (χ3v) is 2.93. The van der Waals surface area contributed by atoms with Gasteiger partial charge in [-0.25, -0.2) is 0 Å². The summed E-state index contributed by atoms with van der Waals surface area (Å²) in [5.41, 5.74) is 7.06. The molecule has 1 atom stereocenters. The summed E-state index contributed by atoms with van der Waals surface area (Å²) in [6, 6.07) is 7.37. The highest BCUT2D eigenvalue weighted by atomic mass is 35.5. The highest BCUT2D eigenvalue weighted by Gasteiger charge is 2.09. The topological polar surface area (TPSA) is 84.2 Å². The van der Waals surface area contributed by atoms with Crippen molar-refractivity contribution in [1.82, 2.24) is 10.6 Å². The van der Waals surface area contributed by atoms with E-state index in [1.807, 2.05) is 18.2 Å². The van der Waals surface area contributed by atoms with Crippen molar-refractivity contribution >= 4 is 24.2 Å². The fourth-order valence-corrected chi connectivity index (χ4v) is 1.62. The van der Waals surface area contributed by atoms with E-state index in [-0.39, 0.29) is 30.1 Å². The first-order chi connectivity index (χ1) is 9.08. The summed E-state index contributed by atoms with van der Waals surface area (Å²) >= 11 is 0.